The van der Waals surface area contributed by atoms with Gasteiger partial charge in [0.2, 0.25) is 5.91 Å². The molecule has 41 heavy (non-hydrogen) atoms. The van der Waals surface area contributed by atoms with E-state index in [4.69, 9.17) is 9.47 Å². The van der Waals surface area contributed by atoms with Gasteiger partial charge in [0.25, 0.3) is 0 Å². The zero-order valence-electron chi connectivity index (χ0n) is 23.5. The molecule has 0 radical (unpaired) electrons. The van der Waals surface area contributed by atoms with Crippen molar-refractivity contribution >= 4 is 18.0 Å². The summed E-state index contributed by atoms with van der Waals surface area (Å²) in [5.41, 5.74) is 5.33. The zero-order chi connectivity index (χ0) is 29.2. The van der Waals surface area contributed by atoms with Crippen LogP contribution in [0.3, 0.4) is 0 Å². The third-order valence-corrected chi connectivity index (χ3v) is 7.40. The molecule has 3 N–H and O–H groups in total. The lowest BCUT2D eigenvalue weighted by Gasteiger charge is -2.27. The van der Waals surface area contributed by atoms with E-state index >= 15 is 0 Å². The number of amides is 2. The Hall–Kier alpha value is -4.17. The van der Waals surface area contributed by atoms with Crippen LogP contribution in [0.5, 0.6) is 0 Å². The molecule has 1 aliphatic carbocycles. The van der Waals surface area contributed by atoms with E-state index in [-0.39, 0.29) is 25.6 Å². The molecule has 0 aliphatic heterocycles. The van der Waals surface area contributed by atoms with E-state index in [1.807, 2.05) is 73.7 Å². The Morgan fingerprint density at radius 1 is 0.878 bits per heavy atom. The molecule has 8 nitrogen and oxygen atoms in total. The largest absolute Gasteiger partial charge is 0.481 e. The van der Waals surface area contributed by atoms with Gasteiger partial charge in [0.15, 0.2) is 0 Å². The van der Waals surface area contributed by atoms with Crippen molar-refractivity contribution in [3.05, 3.63) is 95.6 Å². The van der Waals surface area contributed by atoms with E-state index in [1.165, 1.54) is 0 Å². The fraction of sp³-hybridized carbons (Fsp3) is 0.364. The lowest BCUT2D eigenvalue weighted by molar-refractivity contribution is -0.138. The van der Waals surface area contributed by atoms with Crippen LogP contribution in [0, 0.1) is 0 Å². The third-order valence-electron chi connectivity index (χ3n) is 7.40. The molecular formula is C33H38N2O6. The van der Waals surface area contributed by atoms with Crippen molar-refractivity contribution in [2.45, 2.75) is 70.2 Å². The first-order chi connectivity index (χ1) is 19.9. The van der Waals surface area contributed by atoms with Gasteiger partial charge in [-0.25, -0.2) is 4.79 Å². The predicted molar refractivity (Wildman–Crippen MR) is 156 cm³/mol. The number of rotatable bonds is 14. The Morgan fingerprint density at radius 2 is 1.49 bits per heavy atom. The third kappa shape index (κ3) is 7.95. The van der Waals surface area contributed by atoms with Gasteiger partial charge in [-0.3, -0.25) is 9.59 Å². The number of nitrogens with one attached hydrogen (secondary N) is 2. The van der Waals surface area contributed by atoms with E-state index in [9.17, 15) is 19.5 Å². The fourth-order valence-corrected chi connectivity index (χ4v) is 5.24. The topological polar surface area (TPSA) is 114 Å². The molecule has 2 amide bonds. The zero-order valence-corrected chi connectivity index (χ0v) is 23.5. The van der Waals surface area contributed by atoms with E-state index < -0.39 is 36.2 Å². The van der Waals surface area contributed by atoms with Crippen molar-refractivity contribution in [3.8, 4) is 11.1 Å². The van der Waals surface area contributed by atoms with Crippen molar-refractivity contribution in [3.63, 3.8) is 0 Å². The van der Waals surface area contributed by atoms with Crippen LogP contribution >= 0.6 is 0 Å². The number of hydrogen-bond acceptors (Lipinski definition) is 5. The number of carbonyl (C=O) groups excluding carboxylic acids is 2. The van der Waals surface area contributed by atoms with Crippen LogP contribution in [-0.4, -0.2) is 47.9 Å². The summed E-state index contributed by atoms with van der Waals surface area (Å²) in [6.45, 7) is 4.05. The quantitative estimate of drug-likeness (QED) is 0.236. The first-order valence-corrected chi connectivity index (χ1v) is 14.2. The smallest absolute Gasteiger partial charge is 0.407 e. The van der Waals surface area contributed by atoms with Gasteiger partial charge < -0.3 is 25.2 Å². The summed E-state index contributed by atoms with van der Waals surface area (Å²) in [4.78, 5) is 37.9. The van der Waals surface area contributed by atoms with Gasteiger partial charge in [-0.15, -0.1) is 0 Å². The predicted octanol–water partition coefficient (Wildman–Crippen LogP) is 5.65. The molecule has 1 aliphatic rings. The maximum atomic E-state index is 13.4. The van der Waals surface area contributed by atoms with Crippen LogP contribution in [0.15, 0.2) is 78.9 Å². The summed E-state index contributed by atoms with van der Waals surface area (Å²) >= 11 is 0. The highest BCUT2D eigenvalue weighted by atomic mass is 16.5. The maximum Gasteiger partial charge on any atom is 0.407 e. The Kier molecular flexibility index (Phi) is 10.5. The number of unbranched alkanes of at least 4 members (excludes halogenated alkanes) is 1. The van der Waals surface area contributed by atoms with E-state index in [1.54, 1.807) is 6.92 Å². The Balaban J connectivity index is 1.45. The molecule has 0 heterocycles. The Bertz CT molecular complexity index is 1280. The molecule has 216 valence electrons. The van der Waals surface area contributed by atoms with Crippen molar-refractivity contribution in [2.75, 3.05) is 6.61 Å². The van der Waals surface area contributed by atoms with E-state index in [2.05, 4.69) is 22.8 Å². The maximum absolute atomic E-state index is 13.4. The molecule has 4 rings (SSSR count). The van der Waals surface area contributed by atoms with E-state index in [0.29, 0.717) is 6.42 Å². The molecule has 0 spiro atoms. The average molecular weight is 559 g/mol. The number of benzene rings is 3. The minimum Gasteiger partial charge on any atom is -0.481 e. The Labute approximate surface area is 241 Å². The summed E-state index contributed by atoms with van der Waals surface area (Å²) in [5.74, 6) is -1.64. The van der Waals surface area contributed by atoms with Crippen LogP contribution in [0.1, 0.15) is 62.1 Å². The summed E-state index contributed by atoms with van der Waals surface area (Å²) < 4.78 is 11.7. The molecule has 8 heteroatoms. The van der Waals surface area contributed by atoms with Crippen LogP contribution < -0.4 is 10.6 Å². The number of aliphatic carboxylic acids is 1. The second-order valence-electron chi connectivity index (χ2n) is 10.4. The van der Waals surface area contributed by atoms with Gasteiger partial charge in [-0.2, -0.15) is 0 Å². The van der Waals surface area contributed by atoms with Crippen molar-refractivity contribution in [2.24, 2.45) is 0 Å². The molecule has 0 bridgehead atoms. The summed E-state index contributed by atoms with van der Waals surface area (Å²) in [6, 6.07) is 24.0. The average Bonchev–Trinajstić information content (AvgIpc) is 3.30. The highest BCUT2D eigenvalue weighted by molar-refractivity contribution is 5.87. The second kappa shape index (κ2) is 14.5. The molecular weight excluding hydrogens is 520 g/mol. The number of carbonyl (C=O) groups is 3. The monoisotopic (exact) mass is 558 g/mol. The van der Waals surface area contributed by atoms with Gasteiger partial charge in [-0.1, -0.05) is 98.6 Å². The van der Waals surface area contributed by atoms with Gasteiger partial charge in [-0.05, 0) is 41.2 Å². The van der Waals surface area contributed by atoms with Crippen LogP contribution in [0.2, 0.25) is 0 Å². The normalized spacial score (nSPS) is 14.3. The Morgan fingerprint density at radius 3 is 2.10 bits per heavy atom. The van der Waals surface area contributed by atoms with Crippen molar-refractivity contribution in [1.29, 1.82) is 0 Å². The molecule has 0 saturated carbocycles. The van der Waals surface area contributed by atoms with Crippen LogP contribution in [0.25, 0.3) is 11.1 Å². The molecule has 0 unspecified atom stereocenters. The molecule has 0 aromatic heterocycles. The van der Waals surface area contributed by atoms with E-state index in [0.717, 1.165) is 40.7 Å². The first kappa shape index (κ1) is 29.8. The fourth-order valence-electron chi connectivity index (χ4n) is 5.24. The highest BCUT2D eigenvalue weighted by Gasteiger charge is 2.32. The van der Waals surface area contributed by atoms with Gasteiger partial charge in [0, 0.05) is 12.0 Å². The SMILES string of the molecule is CCCC[C@@H](CC(=O)O)NC(=O)[C@H](NC(=O)OCC1c2ccccc2-c2ccccc21)[C@H](C)OCc1ccccc1. The number of alkyl carbamates (subject to hydrolysis) is 1. The molecule has 3 aromatic carbocycles. The summed E-state index contributed by atoms with van der Waals surface area (Å²) in [7, 11) is 0. The molecule has 3 aromatic rings. The highest BCUT2D eigenvalue weighted by Crippen LogP contribution is 2.44. The van der Waals surface area contributed by atoms with Crippen LogP contribution in [0.4, 0.5) is 4.79 Å². The van der Waals surface area contributed by atoms with Gasteiger partial charge in [0.05, 0.1) is 19.1 Å². The molecule has 0 saturated heterocycles. The minimum absolute atomic E-state index is 0.103. The number of carboxylic acid groups (broad SMARTS) is 1. The van der Waals surface area contributed by atoms with Gasteiger partial charge >= 0.3 is 12.1 Å². The summed E-state index contributed by atoms with van der Waals surface area (Å²) in [5, 5.41) is 14.9. The van der Waals surface area contributed by atoms with Crippen molar-refractivity contribution < 1.29 is 29.0 Å². The van der Waals surface area contributed by atoms with Gasteiger partial charge in [0.1, 0.15) is 12.6 Å². The second-order valence-corrected chi connectivity index (χ2v) is 10.4. The lowest BCUT2D eigenvalue weighted by atomic mass is 9.98. The molecule has 3 atom stereocenters. The number of carboxylic acids is 1. The van der Waals surface area contributed by atoms with Crippen LogP contribution in [-0.2, 0) is 25.7 Å². The minimum atomic E-state index is -1.09. The first-order valence-electron chi connectivity index (χ1n) is 14.2. The number of fused-ring (bicyclic) bond motifs is 3. The number of hydrogen-bond donors (Lipinski definition) is 3. The number of ether oxygens (including phenoxy) is 2. The lowest BCUT2D eigenvalue weighted by Crippen LogP contribution is -2.55. The molecule has 0 fully saturated rings. The standard InChI is InChI=1S/C33H38N2O6/c1-3-4-14-24(19-30(36)37)34-32(38)31(22(2)40-20-23-12-6-5-7-13-23)35-33(39)41-21-29-27-17-10-8-15-25(27)26-16-9-11-18-28(26)29/h5-13,15-18,22,24,29,31H,3-4,14,19-21H2,1-2H3,(H,34,38)(H,35,39)(H,36,37)/t22-,24-,31+/m0/s1. The van der Waals surface area contributed by atoms with Crippen molar-refractivity contribution in [1.82, 2.24) is 10.6 Å². The summed E-state index contributed by atoms with van der Waals surface area (Å²) in [6.07, 6.45) is 0.485.